The van der Waals surface area contributed by atoms with Crippen LogP contribution in [0.15, 0.2) is 54.9 Å². The lowest BCUT2D eigenvalue weighted by Gasteiger charge is -2.33. The van der Waals surface area contributed by atoms with Gasteiger partial charge in [0, 0.05) is 31.2 Å². The first kappa shape index (κ1) is 12.9. The third-order valence-electron chi connectivity index (χ3n) is 3.59. The zero-order valence-electron chi connectivity index (χ0n) is 11.4. The van der Waals surface area contributed by atoms with Crippen LogP contribution in [0.25, 0.3) is 0 Å². The predicted octanol–water partition coefficient (Wildman–Crippen LogP) is 3.09. The van der Waals surface area contributed by atoms with Gasteiger partial charge in [-0.2, -0.15) is 0 Å². The van der Waals surface area contributed by atoms with E-state index in [2.05, 4.69) is 27.5 Å². The molecule has 4 nitrogen and oxygen atoms in total. The molecular weight excluding hydrogens is 250 g/mol. The molecular formula is C16H19N3O. The van der Waals surface area contributed by atoms with Gasteiger partial charge in [0.15, 0.2) is 0 Å². The Balaban J connectivity index is 1.47. The van der Waals surface area contributed by atoms with Crippen LogP contribution in [-0.4, -0.2) is 24.2 Å². The van der Waals surface area contributed by atoms with Crippen molar-refractivity contribution >= 4 is 11.4 Å². The Hall–Kier alpha value is -2.07. The number of hydrogen-bond acceptors (Lipinski definition) is 4. The highest BCUT2D eigenvalue weighted by Gasteiger charge is 2.20. The van der Waals surface area contributed by atoms with Gasteiger partial charge in [0.2, 0.25) is 0 Å². The first-order valence-corrected chi connectivity index (χ1v) is 7.03. The standard InChI is InChI=1S/C16H19N3O/c1-2-4-14(5-3-1)18-20-16-8-12-19(13-9-16)15-6-10-17-11-7-15/h1-7,10-11,16,18H,8-9,12-13H2. The van der Waals surface area contributed by atoms with E-state index in [0.29, 0.717) is 0 Å². The highest BCUT2D eigenvalue weighted by Crippen LogP contribution is 2.20. The van der Waals surface area contributed by atoms with Crippen LogP contribution in [0.3, 0.4) is 0 Å². The average Bonchev–Trinajstić information content (AvgIpc) is 2.55. The Labute approximate surface area is 119 Å². The molecule has 0 spiro atoms. The summed E-state index contributed by atoms with van der Waals surface area (Å²) in [6, 6.07) is 14.1. The van der Waals surface area contributed by atoms with Crippen molar-refractivity contribution in [3.8, 4) is 0 Å². The van der Waals surface area contributed by atoms with Crippen LogP contribution in [0.5, 0.6) is 0 Å². The number of pyridine rings is 1. The fourth-order valence-electron chi connectivity index (χ4n) is 2.44. The maximum Gasteiger partial charge on any atom is 0.0887 e. The van der Waals surface area contributed by atoms with Gasteiger partial charge < -0.3 is 4.90 Å². The summed E-state index contributed by atoms with van der Waals surface area (Å²) in [4.78, 5) is 12.2. The minimum atomic E-state index is 0.272. The van der Waals surface area contributed by atoms with Gasteiger partial charge in [0.1, 0.15) is 0 Å². The van der Waals surface area contributed by atoms with Crippen LogP contribution in [0.2, 0.25) is 0 Å². The van der Waals surface area contributed by atoms with Crippen LogP contribution in [0.4, 0.5) is 11.4 Å². The van der Waals surface area contributed by atoms with Crippen molar-refractivity contribution in [1.82, 2.24) is 4.98 Å². The highest BCUT2D eigenvalue weighted by molar-refractivity contribution is 5.45. The molecule has 1 aliphatic rings. The Morgan fingerprint density at radius 1 is 1.00 bits per heavy atom. The topological polar surface area (TPSA) is 37.4 Å². The van der Waals surface area contributed by atoms with Crippen molar-refractivity contribution in [1.29, 1.82) is 0 Å². The SMILES string of the molecule is c1ccc(NOC2CCN(c3ccncc3)CC2)cc1. The van der Waals surface area contributed by atoms with Gasteiger partial charge in [-0.05, 0) is 37.1 Å². The van der Waals surface area contributed by atoms with E-state index in [9.17, 15) is 0 Å². The first-order chi connectivity index (χ1) is 9.92. The largest absolute Gasteiger partial charge is 0.371 e. The summed E-state index contributed by atoms with van der Waals surface area (Å²) in [6.45, 7) is 2.04. The quantitative estimate of drug-likeness (QED) is 0.865. The molecule has 1 aromatic carbocycles. The van der Waals surface area contributed by atoms with Gasteiger partial charge in [0.25, 0.3) is 0 Å². The lowest BCUT2D eigenvalue weighted by Crippen LogP contribution is -2.37. The van der Waals surface area contributed by atoms with Crippen LogP contribution < -0.4 is 10.4 Å². The molecule has 2 aromatic rings. The minimum Gasteiger partial charge on any atom is -0.371 e. The van der Waals surface area contributed by atoms with Crippen molar-refractivity contribution in [2.24, 2.45) is 0 Å². The molecule has 0 atom stereocenters. The monoisotopic (exact) mass is 269 g/mol. The van der Waals surface area contributed by atoms with Crippen LogP contribution >= 0.6 is 0 Å². The number of para-hydroxylation sites is 1. The minimum absolute atomic E-state index is 0.272. The molecule has 1 N–H and O–H groups in total. The Morgan fingerprint density at radius 3 is 2.40 bits per heavy atom. The number of nitrogens with one attached hydrogen (secondary N) is 1. The average molecular weight is 269 g/mol. The summed E-state index contributed by atoms with van der Waals surface area (Å²) in [5, 5.41) is 0. The van der Waals surface area contributed by atoms with E-state index < -0.39 is 0 Å². The van der Waals surface area contributed by atoms with Gasteiger partial charge in [0.05, 0.1) is 11.8 Å². The fourth-order valence-corrected chi connectivity index (χ4v) is 2.44. The number of aromatic nitrogens is 1. The van der Waals surface area contributed by atoms with Gasteiger partial charge >= 0.3 is 0 Å². The number of nitrogens with zero attached hydrogens (tertiary/aromatic N) is 2. The molecule has 0 bridgehead atoms. The van der Waals surface area contributed by atoms with E-state index >= 15 is 0 Å². The number of rotatable bonds is 4. The molecule has 0 unspecified atom stereocenters. The van der Waals surface area contributed by atoms with E-state index in [1.165, 1.54) is 5.69 Å². The van der Waals surface area contributed by atoms with Gasteiger partial charge in [-0.25, -0.2) is 0 Å². The van der Waals surface area contributed by atoms with Crippen molar-refractivity contribution in [2.75, 3.05) is 23.5 Å². The molecule has 1 aromatic heterocycles. The molecule has 1 saturated heterocycles. The maximum atomic E-state index is 5.76. The summed E-state index contributed by atoms with van der Waals surface area (Å²) in [5.41, 5.74) is 5.29. The van der Waals surface area contributed by atoms with E-state index in [1.54, 1.807) is 0 Å². The van der Waals surface area contributed by atoms with Crippen molar-refractivity contribution in [2.45, 2.75) is 18.9 Å². The van der Waals surface area contributed by atoms with Gasteiger partial charge in [-0.3, -0.25) is 15.3 Å². The molecule has 4 heteroatoms. The molecule has 0 radical (unpaired) electrons. The van der Waals surface area contributed by atoms with E-state index in [-0.39, 0.29) is 6.10 Å². The van der Waals surface area contributed by atoms with Crippen LogP contribution in [-0.2, 0) is 4.84 Å². The summed E-state index contributed by atoms with van der Waals surface area (Å²) in [7, 11) is 0. The van der Waals surface area contributed by atoms with Crippen molar-refractivity contribution in [3.05, 3.63) is 54.9 Å². The normalized spacial score (nSPS) is 16.1. The van der Waals surface area contributed by atoms with Gasteiger partial charge in [-0.1, -0.05) is 18.2 Å². The fraction of sp³-hybridized carbons (Fsp3) is 0.312. The number of piperidine rings is 1. The molecule has 0 aliphatic carbocycles. The Morgan fingerprint density at radius 2 is 1.70 bits per heavy atom. The molecule has 0 amide bonds. The maximum absolute atomic E-state index is 5.76. The second-order valence-corrected chi connectivity index (χ2v) is 4.98. The molecule has 3 rings (SSSR count). The van der Waals surface area contributed by atoms with E-state index in [0.717, 1.165) is 31.6 Å². The second kappa shape index (κ2) is 6.39. The molecule has 20 heavy (non-hydrogen) atoms. The zero-order valence-corrected chi connectivity index (χ0v) is 11.4. The van der Waals surface area contributed by atoms with E-state index in [1.807, 2.05) is 42.7 Å². The first-order valence-electron chi connectivity index (χ1n) is 7.03. The number of benzene rings is 1. The smallest absolute Gasteiger partial charge is 0.0887 e. The Kier molecular flexibility index (Phi) is 4.13. The number of anilines is 2. The number of hydrogen-bond donors (Lipinski definition) is 1. The third-order valence-corrected chi connectivity index (χ3v) is 3.59. The lowest BCUT2D eigenvalue weighted by atomic mass is 10.1. The van der Waals surface area contributed by atoms with E-state index in [4.69, 9.17) is 4.84 Å². The Bertz CT molecular complexity index is 510. The summed E-state index contributed by atoms with van der Waals surface area (Å²) >= 11 is 0. The van der Waals surface area contributed by atoms with Crippen molar-refractivity contribution < 1.29 is 4.84 Å². The molecule has 0 saturated carbocycles. The van der Waals surface area contributed by atoms with Crippen LogP contribution in [0, 0.1) is 0 Å². The lowest BCUT2D eigenvalue weighted by molar-refractivity contribution is 0.0793. The van der Waals surface area contributed by atoms with Crippen molar-refractivity contribution in [3.63, 3.8) is 0 Å². The zero-order chi connectivity index (χ0) is 13.6. The van der Waals surface area contributed by atoms with Gasteiger partial charge in [-0.15, -0.1) is 0 Å². The summed E-state index contributed by atoms with van der Waals surface area (Å²) < 4.78 is 0. The third kappa shape index (κ3) is 3.27. The van der Waals surface area contributed by atoms with Crippen LogP contribution in [0.1, 0.15) is 12.8 Å². The molecule has 104 valence electrons. The summed E-state index contributed by atoms with van der Waals surface area (Å²) in [6.07, 6.45) is 6.02. The highest BCUT2D eigenvalue weighted by atomic mass is 16.7. The molecule has 1 fully saturated rings. The molecule has 1 aliphatic heterocycles. The predicted molar refractivity (Wildman–Crippen MR) is 80.6 cm³/mol. The molecule has 2 heterocycles. The summed E-state index contributed by atoms with van der Waals surface area (Å²) in [5.74, 6) is 0. The second-order valence-electron chi connectivity index (χ2n) is 4.98.